The average molecular weight is 237 g/mol. The van der Waals surface area contributed by atoms with Gasteiger partial charge < -0.3 is 30.4 Å². The van der Waals surface area contributed by atoms with Gasteiger partial charge in [-0.3, -0.25) is 0 Å². The van der Waals surface area contributed by atoms with Gasteiger partial charge in [0.1, 0.15) is 18.3 Å². The first-order valence-corrected chi connectivity index (χ1v) is 5.53. The fraction of sp³-hybridized carbons (Fsp3) is 1.00. The van der Waals surface area contributed by atoms with Crippen molar-refractivity contribution in [2.75, 3.05) is 26.2 Å². The minimum atomic E-state index is -1.55. The quantitative estimate of drug-likeness (QED) is 0.327. The fourth-order valence-corrected chi connectivity index (χ4v) is 1.42. The lowest BCUT2D eigenvalue weighted by Crippen LogP contribution is -2.49. The summed E-state index contributed by atoms with van der Waals surface area (Å²) in [6, 6.07) is 0. The van der Waals surface area contributed by atoms with Crippen molar-refractivity contribution in [1.29, 1.82) is 0 Å². The van der Waals surface area contributed by atoms with Crippen molar-refractivity contribution in [3.63, 3.8) is 0 Å². The monoisotopic (exact) mass is 237 g/mol. The Bertz CT molecular complexity index is 177. The molecule has 0 fully saturated rings. The molecule has 0 bridgehead atoms. The van der Waals surface area contributed by atoms with E-state index in [1.54, 1.807) is 0 Å². The van der Waals surface area contributed by atoms with Crippen LogP contribution >= 0.6 is 0 Å². The van der Waals surface area contributed by atoms with Gasteiger partial charge in [-0.15, -0.1) is 0 Å². The molecule has 0 aliphatic carbocycles. The molecule has 0 aromatic carbocycles. The van der Waals surface area contributed by atoms with E-state index in [1.807, 2.05) is 18.7 Å². The van der Waals surface area contributed by atoms with Crippen LogP contribution in [0.3, 0.4) is 0 Å². The summed E-state index contributed by atoms with van der Waals surface area (Å²) in [5.74, 6) is 0. The lowest BCUT2D eigenvalue weighted by molar-refractivity contribution is -0.119. The number of likely N-dealkylation sites (N-methyl/N-ethyl adjacent to an activating group) is 1. The van der Waals surface area contributed by atoms with E-state index < -0.39 is 31.0 Å². The molecule has 0 saturated carbocycles. The van der Waals surface area contributed by atoms with Gasteiger partial charge in [-0.25, -0.2) is 0 Å². The van der Waals surface area contributed by atoms with Gasteiger partial charge in [0.2, 0.25) is 0 Å². The summed E-state index contributed by atoms with van der Waals surface area (Å²) in [4.78, 5) is 1.88. The summed E-state index contributed by atoms with van der Waals surface area (Å²) in [7, 11) is 0. The summed E-state index contributed by atoms with van der Waals surface area (Å²) >= 11 is 0. The van der Waals surface area contributed by atoms with Gasteiger partial charge in [0, 0.05) is 6.54 Å². The third-order valence-electron chi connectivity index (χ3n) is 2.67. The highest BCUT2D eigenvalue weighted by Gasteiger charge is 2.30. The maximum atomic E-state index is 9.62. The normalized spacial score (nSPS) is 19.5. The molecule has 16 heavy (non-hydrogen) atoms. The van der Waals surface area contributed by atoms with Crippen molar-refractivity contribution in [2.45, 2.75) is 38.3 Å². The number of nitrogens with zero attached hydrogens (tertiary/aromatic N) is 1. The standard InChI is InChI=1S/C10H23NO5/c1-3-11(4-2)5-7(13)9(15)10(16)8(14)6-12/h7-10,12-16H,3-6H2,1-2H3. The van der Waals surface area contributed by atoms with Gasteiger partial charge >= 0.3 is 0 Å². The van der Waals surface area contributed by atoms with Gasteiger partial charge in [0.15, 0.2) is 0 Å². The Morgan fingerprint density at radius 3 is 1.69 bits per heavy atom. The molecular weight excluding hydrogens is 214 g/mol. The van der Waals surface area contributed by atoms with Crippen molar-refractivity contribution in [2.24, 2.45) is 0 Å². The summed E-state index contributed by atoms with van der Waals surface area (Å²) in [6.45, 7) is 4.83. The number of aliphatic hydroxyl groups excluding tert-OH is 5. The zero-order chi connectivity index (χ0) is 12.7. The SMILES string of the molecule is CCN(CC)CC(O)C(O)C(O)C(O)CO. The number of aliphatic hydroxyl groups is 5. The van der Waals surface area contributed by atoms with Gasteiger partial charge in [-0.2, -0.15) is 0 Å². The van der Waals surface area contributed by atoms with Gasteiger partial charge in [0.05, 0.1) is 12.7 Å². The minimum absolute atomic E-state index is 0.212. The van der Waals surface area contributed by atoms with Crippen LogP contribution in [0, 0.1) is 0 Å². The minimum Gasteiger partial charge on any atom is -0.394 e. The second kappa shape index (κ2) is 7.94. The van der Waals surface area contributed by atoms with E-state index >= 15 is 0 Å². The molecule has 4 unspecified atom stereocenters. The maximum Gasteiger partial charge on any atom is 0.111 e. The summed E-state index contributed by atoms with van der Waals surface area (Å²) < 4.78 is 0. The van der Waals surface area contributed by atoms with Crippen molar-refractivity contribution in [3.8, 4) is 0 Å². The first-order valence-electron chi connectivity index (χ1n) is 5.53. The zero-order valence-corrected chi connectivity index (χ0v) is 9.82. The highest BCUT2D eigenvalue weighted by Crippen LogP contribution is 2.06. The van der Waals surface area contributed by atoms with Crippen LogP contribution in [0.4, 0.5) is 0 Å². The van der Waals surface area contributed by atoms with Crippen molar-refractivity contribution < 1.29 is 25.5 Å². The number of hydrogen-bond acceptors (Lipinski definition) is 6. The van der Waals surface area contributed by atoms with Crippen LogP contribution in [-0.2, 0) is 0 Å². The number of hydrogen-bond donors (Lipinski definition) is 5. The van der Waals surface area contributed by atoms with Gasteiger partial charge in [0.25, 0.3) is 0 Å². The second-order valence-corrected chi connectivity index (χ2v) is 3.78. The second-order valence-electron chi connectivity index (χ2n) is 3.78. The van der Waals surface area contributed by atoms with E-state index in [0.29, 0.717) is 0 Å². The molecule has 0 aliphatic rings. The maximum absolute atomic E-state index is 9.62. The van der Waals surface area contributed by atoms with E-state index in [1.165, 1.54) is 0 Å². The third-order valence-corrected chi connectivity index (χ3v) is 2.67. The van der Waals surface area contributed by atoms with Crippen LogP contribution in [0.15, 0.2) is 0 Å². The highest BCUT2D eigenvalue weighted by molar-refractivity contribution is 4.82. The molecule has 0 amide bonds. The zero-order valence-electron chi connectivity index (χ0n) is 9.82. The number of rotatable bonds is 8. The van der Waals surface area contributed by atoms with E-state index in [9.17, 15) is 15.3 Å². The Hall–Kier alpha value is -0.240. The van der Waals surface area contributed by atoms with Crippen LogP contribution < -0.4 is 0 Å². The first kappa shape index (κ1) is 15.8. The van der Waals surface area contributed by atoms with Crippen LogP contribution in [0.25, 0.3) is 0 Å². The topological polar surface area (TPSA) is 104 Å². The molecule has 0 rings (SSSR count). The molecule has 4 atom stereocenters. The van der Waals surface area contributed by atoms with Crippen LogP contribution in [0.5, 0.6) is 0 Å². The molecule has 0 aliphatic heterocycles. The van der Waals surface area contributed by atoms with E-state index in [0.717, 1.165) is 13.1 Å². The van der Waals surface area contributed by atoms with E-state index in [2.05, 4.69) is 0 Å². The van der Waals surface area contributed by atoms with Crippen LogP contribution in [0.2, 0.25) is 0 Å². The van der Waals surface area contributed by atoms with Crippen LogP contribution in [-0.4, -0.2) is 81.1 Å². The fourth-order valence-electron chi connectivity index (χ4n) is 1.42. The summed E-state index contributed by atoms with van der Waals surface area (Å²) in [5.41, 5.74) is 0. The Morgan fingerprint density at radius 1 is 0.875 bits per heavy atom. The Morgan fingerprint density at radius 2 is 1.31 bits per heavy atom. The Kier molecular flexibility index (Phi) is 7.82. The largest absolute Gasteiger partial charge is 0.394 e. The molecule has 0 aromatic heterocycles. The van der Waals surface area contributed by atoms with Crippen LogP contribution in [0.1, 0.15) is 13.8 Å². The van der Waals surface area contributed by atoms with Crippen molar-refractivity contribution in [3.05, 3.63) is 0 Å². The Labute approximate surface area is 95.8 Å². The summed E-state index contributed by atoms with van der Waals surface area (Å²) in [5, 5.41) is 46.2. The Balaban J connectivity index is 4.20. The predicted molar refractivity (Wildman–Crippen MR) is 58.9 cm³/mol. The molecule has 6 nitrogen and oxygen atoms in total. The van der Waals surface area contributed by atoms with E-state index in [-0.39, 0.29) is 6.54 Å². The predicted octanol–water partition coefficient (Wildman–Crippen LogP) is -2.24. The summed E-state index contributed by atoms with van der Waals surface area (Å²) in [6.07, 6.45) is -5.62. The molecule has 0 saturated heterocycles. The van der Waals surface area contributed by atoms with Gasteiger partial charge in [-0.05, 0) is 13.1 Å². The lowest BCUT2D eigenvalue weighted by Gasteiger charge is -2.29. The molecule has 0 radical (unpaired) electrons. The highest BCUT2D eigenvalue weighted by atomic mass is 16.4. The molecule has 6 heteroatoms. The molecule has 5 N–H and O–H groups in total. The molecule has 0 aromatic rings. The lowest BCUT2D eigenvalue weighted by atomic mass is 10.0. The first-order chi connectivity index (χ1) is 7.47. The third kappa shape index (κ3) is 4.73. The molecule has 98 valence electrons. The van der Waals surface area contributed by atoms with Gasteiger partial charge in [-0.1, -0.05) is 13.8 Å². The molecular formula is C10H23NO5. The van der Waals surface area contributed by atoms with Crippen molar-refractivity contribution >= 4 is 0 Å². The van der Waals surface area contributed by atoms with Crippen molar-refractivity contribution in [1.82, 2.24) is 4.90 Å². The smallest absolute Gasteiger partial charge is 0.111 e. The van der Waals surface area contributed by atoms with E-state index in [4.69, 9.17) is 10.2 Å². The molecule has 0 spiro atoms. The average Bonchev–Trinajstić information content (AvgIpc) is 2.32. The molecule has 0 heterocycles.